The molecular weight excluding hydrogens is 424 g/mol. The van der Waals surface area contributed by atoms with E-state index >= 15 is 0 Å². The molecule has 32 heavy (non-hydrogen) atoms. The number of halogens is 1. The molecule has 0 atom stereocenters. The van der Waals surface area contributed by atoms with E-state index in [1.54, 1.807) is 30.6 Å². The van der Waals surface area contributed by atoms with Crippen LogP contribution in [0.2, 0.25) is 5.02 Å². The molecule has 1 fully saturated rings. The number of nitrogens with one attached hydrogen (secondary N) is 2. The molecule has 0 radical (unpaired) electrons. The number of aryl methyl sites for hydroxylation is 1. The van der Waals surface area contributed by atoms with E-state index in [0.29, 0.717) is 21.8 Å². The summed E-state index contributed by atoms with van der Waals surface area (Å²) < 4.78 is 1.99. The fraction of sp³-hybridized carbons (Fsp3) is 0.320. The highest BCUT2D eigenvalue weighted by molar-refractivity contribution is 6.34. The van der Waals surface area contributed by atoms with Crippen molar-refractivity contribution < 1.29 is 9.59 Å². The van der Waals surface area contributed by atoms with Gasteiger partial charge in [0.2, 0.25) is 0 Å². The highest BCUT2D eigenvalue weighted by atomic mass is 35.5. The molecule has 3 aromatic rings. The molecule has 166 valence electrons. The van der Waals surface area contributed by atoms with Crippen molar-refractivity contribution in [2.24, 2.45) is 0 Å². The summed E-state index contributed by atoms with van der Waals surface area (Å²) in [5.41, 5.74) is 4.11. The van der Waals surface area contributed by atoms with Gasteiger partial charge in [-0.2, -0.15) is 0 Å². The number of rotatable bonds is 5. The standard InChI is InChI=1S/C25H27ClN4O2/c1-16-13-21(17(2)30(16)20-9-6-12-27-15-20)24(31)29-19-10-11-23(26)22(14-19)25(32)28-18-7-4-3-5-8-18/h6,9-15,18H,3-5,7-8H2,1-2H3,(H,28,32)(H,29,31). The maximum absolute atomic E-state index is 13.0. The molecular formula is C25H27ClN4O2. The quantitative estimate of drug-likeness (QED) is 0.542. The molecule has 0 spiro atoms. The normalized spacial score (nSPS) is 14.2. The summed E-state index contributed by atoms with van der Waals surface area (Å²) in [7, 11) is 0. The van der Waals surface area contributed by atoms with Crippen LogP contribution < -0.4 is 10.6 Å². The number of pyridine rings is 1. The molecule has 1 saturated carbocycles. The number of carbonyl (C=O) groups excluding carboxylic acids is 2. The summed E-state index contributed by atoms with van der Waals surface area (Å²) in [4.78, 5) is 30.0. The van der Waals surface area contributed by atoms with Crippen LogP contribution in [0, 0.1) is 13.8 Å². The summed E-state index contributed by atoms with van der Waals surface area (Å²) in [6.07, 6.45) is 8.94. The van der Waals surface area contributed by atoms with Crippen LogP contribution in [0.25, 0.3) is 5.69 Å². The van der Waals surface area contributed by atoms with Crippen LogP contribution in [0.4, 0.5) is 5.69 Å². The number of hydrogen-bond donors (Lipinski definition) is 2. The van der Waals surface area contributed by atoms with Gasteiger partial charge in [-0.25, -0.2) is 0 Å². The summed E-state index contributed by atoms with van der Waals surface area (Å²) in [6, 6.07) is 10.8. The van der Waals surface area contributed by atoms with Gasteiger partial charge < -0.3 is 15.2 Å². The van der Waals surface area contributed by atoms with Crippen LogP contribution in [0.1, 0.15) is 64.2 Å². The molecule has 0 saturated heterocycles. The van der Waals surface area contributed by atoms with E-state index in [1.165, 1.54) is 6.42 Å². The maximum atomic E-state index is 13.0. The highest BCUT2D eigenvalue weighted by Gasteiger charge is 2.20. The Morgan fingerprint density at radius 2 is 1.81 bits per heavy atom. The number of benzene rings is 1. The third kappa shape index (κ3) is 4.70. The van der Waals surface area contributed by atoms with E-state index in [9.17, 15) is 9.59 Å². The maximum Gasteiger partial charge on any atom is 0.257 e. The van der Waals surface area contributed by atoms with Gasteiger partial charge >= 0.3 is 0 Å². The van der Waals surface area contributed by atoms with Crippen LogP contribution in [0.15, 0.2) is 48.8 Å². The van der Waals surface area contributed by atoms with Crippen molar-refractivity contribution in [1.82, 2.24) is 14.9 Å². The van der Waals surface area contributed by atoms with E-state index in [0.717, 1.165) is 42.8 Å². The smallest absolute Gasteiger partial charge is 0.257 e. The fourth-order valence-electron chi connectivity index (χ4n) is 4.36. The van der Waals surface area contributed by atoms with E-state index in [2.05, 4.69) is 15.6 Å². The monoisotopic (exact) mass is 450 g/mol. The van der Waals surface area contributed by atoms with E-state index in [-0.39, 0.29) is 17.9 Å². The van der Waals surface area contributed by atoms with Gasteiger partial charge in [0.1, 0.15) is 0 Å². The lowest BCUT2D eigenvalue weighted by Gasteiger charge is -2.23. The lowest BCUT2D eigenvalue weighted by atomic mass is 9.95. The van der Waals surface area contributed by atoms with Crippen LogP contribution in [0.3, 0.4) is 0 Å². The van der Waals surface area contributed by atoms with Crippen molar-refractivity contribution in [1.29, 1.82) is 0 Å². The number of anilines is 1. The van der Waals surface area contributed by atoms with Gasteiger partial charge in [-0.3, -0.25) is 14.6 Å². The van der Waals surface area contributed by atoms with Crippen molar-refractivity contribution in [3.05, 3.63) is 76.3 Å². The Morgan fingerprint density at radius 1 is 1.03 bits per heavy atom. The Kier molecular flexibility index (Phi) is 6.61. The van der Waals surface area contributed by atoms with Crippen LogP contribution in [-0.2, 0) is 0 Å². The molecule has 1 aromatic carbocycles. The Labute approximate surface area is 193 Å². The summed E-state index contributed by atoms with van der Waals surface area (Å²) >= 11 is 6.30. The first-order chi connectivity index (χ1) is 15.4. The molecule has 7 heteroatoms. The summed E-state index contributed by atoms with van der Waals surface area (Å²) in [5.74, 6) is -0.443. The largest absolute Gasteiger partial charge is 0.349 e. The highest BCUT2D eigenvalue weighted by Crippen LogP contribution is 2.25. The molecule has 0 aliphatic heterocycles. The predicted molar refractivity (Wildman–Crippen MR) is 127 cm³/mol. The zero-order valence-electron chi connectivity index (χ0n) is 18.3. The van der Waals surface area contributed by atoms with Gasteiger partial charge in [0.15, 0.2) is 0 Å². The molecule has 2 amide bonds. The van der Waals surface area contributed by atoms with E-state index in [4.69, 9.17) is 11.6 Å². The zero-order chi connectivity index (χ0) is 22.7. The van der Waals surface area contributed by atoms with Crippen molar-refractivity contribution >= 4 is 29.1 Å². The average Bonchev–Trinajstić information content (AvgIpc) is 3.10. The first-order valence-corrected chi connectivity index (χ1v) is 11.3. The zero-order valence-corrected chi connectivity index (χ0v) is 19.1. The molecule has 2 heterocycles. The molecule has 0 unspecified atom stereocenters. The van der Waals surface area contributed by atoms with Gasteiger partial charge in [-0.1, -0.05) is 30.9 Å². The minimum absolute atomic E-state index is 0.184. The minimum atomic E-state index is -0.241. The topological polar surface area (TPSA) is 76.0 Å². The molecule has 1 aliphatic rings. The van der Waals surface area contributed by atoms with Crippen molar-refractivity contribution in [3.63, 3.8) is 0 Å². The number of hydrogen-bond acceptors (Lipinski definition) is 3. The lowest BCUT2D eigenvalue weighted by molar-refractivity contribution is 0.0926. The lowest BCUT2D eigenvalue weighted by Crippen LogP contribution is -2.36. The number of aromatic nitrogens is 2. The Hall–Kier alpha value is -3.12. The predicted octanol–water partition coefficient (Wildman–Crippen LogP) is 5.46. The van der Waals surface area contributed by atoms with Gasteiger partial charge in [0.05, 0.1) is 28.0 Å². The third-order valence-corrected chi connectivity index (χ3v) is 6.32. The molecule has 1 aliphatic carbocycles. The average molecular weight is 451 g/mol. The van der Waals surface area contributed by atoms with Gasteiger partial charge in [0, 0.05) is 29.3 Å². The van der Waals surface area contributed by atoms with E-state index in [1.807, 2.05) is 36.6 Å². The van der Waals surface area contributed by atoms with Gasteiger partial charge in [-0.05, 0) is 63.1 Å². The molecule has 4 rings (SSSR count). The van der Waals surface area contributed by atoms with Gasteiger partial charge in [0.25, 0.3) is 11.8 Å². The number of carbonyl (C=O) groups is 2. The second-order valence-corrected chi connectivity index (χ2v) is 8.70. The van der Waals surface area contributed by atoms with Crippen molar-refractivity contribution in [2.45, 2.75) is 52.0 Å². The van der Waals surface area contributed by atoms with Crippen molar-refractivity contribution in [3.8, 4) is 5.69 Å². The first-order valence-electron chi connectivity index (χ1n) is 10.9. The SMILES string of the molecule is Cc1cc(C(=O)Nc2ccc(Cl)c(C(=O)NC3CCCCC3)c2)c(C)n1-c1cccnc1. The number of nitrogens with zero attached hydrogens (tertiary/aromatic N) is 2. The second-order valence-electron chi connectivity index (χ2n) is 8.29. The summed E-state index contributed by atoms with van der Waals surface area (Å²) in [6.45, 7) is 3.85. The Morgan fingerprint density at radius 3 is 2.53 bits per heavy atom. The van der Waals surface area contributed by atoms with Crippen LogP contribution in [-0.4, -0.2) is 27.4 Å². The summed E-state index contributed by atoms with van der Waals surface area (Å²) in [5, 5.41) is 6.36. The van der Waals surface area contributed by atoms with Crippen molar-refractivity contribution in [2.75, 3.05) is 5.32 Å². The van der Waals surface area contributed by atoms with Crippen LogP contribution >= 0.6 is 11.6 Å². The van der Waals surface area contributed by atoms with Crippen LogP contribution in [0.5, 0.6) is 0 Å². The molecule has 0 bridgehead atoms. The fourth-order valence-corrected chi connectivity index (χ4v) is 4.56. The molecule has 2 N–H and O–H groups in total. The second kappa shape index (κ2) is 9.57. The Bertz CT molecular complexity index is 1130. The minimum Gasteiger partial charge on any atom is -0.349 e. The number of amides is 2. The molecule has 6 nitrogen and oxygen atoms in total. The van der Waals surface area contributed by atoms with E-state index < -0.39 is 0 Å². The van der Waals surface area contributed by atoms with Gasteiger partial charge in [-0.15, -0.1) is 0 Å². The molecule has 2 aromatic heterocycles. The Balaban J connectivity index is 1.53. The third-order valence-electron chi connectivity index (χ3n) is 5.99. The first kappa shape index (κ1) is 22.1.